The lowest BCUT2D eigenvalue weighted by Crippen LogP contribution is -2.42. The predicted octanol–water partition coefficient (Wildman–Crippen LogP) is 3.99. The fraction of sp³-hybridized carbons (Fsp3) is 0.214. The number of rotatable bonds is 3. The number of carbonyl (C=O) groups is 1. The standard InChI is InChI=1S/C14H12Br2N2O2S/c1-20-9-4-2-3-8(5-9)6-18-7-17-13(19)10-11(15)12(16)21-14(10)18/h2-5H,6-7H2,1H3,(H,17,19). The number of amides is 1. The monoisotopic (exact) mass is 430 g/mol. The van der Waals surface area contributed by atoms with Crippen LogP contribution in [-0.4, -0.2) is 19.7 Å². The predicted molar refractivity (Wildman–Crippen MR) is 91.2 cm³/mol. The van der Waals surface area contributed by atoms with E-state index in [-0.39, 0.29) is 5.91 Å². The molecule has 1 amide bonds. The minimum Gasteiger partial charge on any atom is -0.497 e. The maximum absolute atomic E-state index is 12.0. The minimum absolute atomic E-state index is 0.0410. The maximum Gasteiger partial charge on any atom is 0.256 e. The zero-order valence-corrected chi connectivity index (χ0v) is 15.1. The molecule has 110 valence electrons. The zero-order valence-electron chi connectivity index (χ0n) is 11.2. The summed E-state index contributed by atoms with van der Waals surface area (Å²) in [4.78, 5) is 14.2. The molecular weight excluding hydrogens is 420 g/mol. The second-order valence-corrected chi connectivity index (χ2v) is 7.69. The van der Waals surface area contributed by atoms with Crippen molar-refractivity contribution in [2.24, 2.45) is 0 Å². The van der Waals surface area contributed by atoms with Crippen molar-refractivity contribution in [3.05, 3.63) is 43.7 Å². The Morgan fingerprint density at radius 1 is 1.43 bits per heavy atom. The summed E-state index contributed by atoms with van der Waals surface area (Å²) in [6.07, 6.45) is 0. The molecule has 3 rings (SSSR count). The Morgan fingerprint density at radius 3 is 3.00 bits per heavy atom. The van der Waals surface area contributed by atoms with Gasteiger partial charge in [-0.2, -0.15) is 0 Å². The Bertz CT molecular complexity index is 702. The molecule has 1 N–H and O–H groups in total. The molecule has 0 unspecified atom stereocenters. The van der Waals surface area contributed by atoms with E-state index in [9.17, 15) is 4.79 Å². The van der Waals surface area contributed by atoms with Crippen molar-refractivity contribution in [1.82, 2.24) is 5.32 Å². The van der Waals surface area contributed by atoms with Gasteiger partial charge in [0.25, 0.3) is 5.91 Å². The van der Waals surface area contributed by atoms with Crippen LogP contribution in [0.15, 0.2) is 32.5 Å². The highest BCUT2D eigenvalue weighted by Gasteiger charge is 2.29. The first-order valence-corrected chi connectivity index (χ1v) is 8.64. The summed E-state index contributed by atoms with van der Waals surface area (Å²) in [7, 11) is 1.66. The molecule has 1 aromatic heterocycles. The van der Waals surface area contributed by atoms with E-state index in [0.29, 0.717) is 18.8 Å². The van der Waals surface area contributed by atoms with Gasteiger partial charge >= 0.3 is 0 Å². The van der Waals surface area contributed by atoms with E-state index in [1.54, 1.807) is 18.4 Å². The van der Waals surface area contributed by atoms with Crippen molar-refractivity contribution in [3.8, 4) is 5.75 Å². The first-order chi connectivity index (χ1) is 10.1. The van der Waals surface area contributed by atoms with Gasteiger partial charge < -0.3 is 15.0 Å². The van der Waals surface area contributed by atoms with Gasteiger partial charge in [0.1, 0.15) is 10.8 Å². The highest BCUT2D eigenvalue weighted by Crippen LogP contribution is 2.44. The number of methoxy groups -OCH3 is 1. The van der Waals surface area contributed by atoms with E-state index >= 15 is 0 Å². The van der Waals surface area contributed by atoms with E-state index < -0.39 is 0 Å². The molecule has 0 radical (unpaired) electrons. The molecule has 0 saturated carbocycles. The fourth-order valence-electron chi connectivity index (χ4n) is 2.24. The van der Waals surface area contributed by atoms with Gasteiger partial charge in [0, 0.05) is 6.54 Å². The summed E-state index contributed by atoms with van der Waals surface area (Å²) in [6, 6.07) is 7.95. The lowest BCUT2D eigenvalue weighted by molar-refractivity contribution is 0.0947. The van der Waals surface area contributed by atoms with E-state index in [2.05, 4.69) is 48.1 Å². The molecule has 1 aliphatic heterocycles. The van der Waals surface area contributed by atoms with Crippen molar-refractivity contribution in [2.45, 2.75) is 6.54 Å². The maximum atomic E-state index is 12.0. The summed E-state index contributed by atoms with van der Waals surface area (Å²) in [6.45, 7) is 1.21. The SMILES string of the molecule is COc1cccc(CN2CNC(=O)c3c2sc(Br)c3Br)c1. The van der Waals surface area contributed by atoms with Crippen LogP contribution in [0.3, 0.4) is 0 Å². The van der Waals surface area contributed by atoms with Gasteiger partial charge in [-0.15, -0.1) is 11.3 Å². The summed E-state index contributed by atoms with van der Waals surface area (Å²) in [5, 5.41) is 3.88. The lowest BCUT2D eigenvalue weighted by Gasteiger charge is -2.29. The topological polar surface area (TPSA) is 41.6 Å². The van der Waals surface area contributed by atoms with E-state index in [1.165, 1.54) is 0 Å². The second kappa shape index (κ2) is 5.98. The molecule has 0 bridgehead atoms. The smallest absolute Gasteiger partial charge is 0.256 e. The van der Waals surface area contributed by atoms with Crippen LogP contribution in [0, 0.1) is 0 Å². The van der Waals surface area contributed by atoms with Crippen LogP contribution in [0.5, 0.6) is 5.75 Å². The van der Waals surface area contributed by atoms with E-state index in [1.807, 2.05) is 18.2 Å². The summed E-state index contributed by atoms with van der Waals surface area (Å²) >= 11 is 8.51. The molecule has 0 saturated heterocycles. The molecular formula is C14H12Br2N2O2S. The number of ether oxygens (including phenoxy) is 1. The number of fused-ring (bicyclic) bond motifs is 1. The first-order valence-electron chi connectivity index (χ1n) is 6.24. The van der Waals surface area contributed by atoms with E-state index in [4.69, 9.17) is 4.74 Å². The minimum atomic E-state index is -0.0410. The highest BCUT2D eigenvalue weighted by molar-refractivity contribution is 9.13. The molecule has 7 heteroatoms. The van der Waals surface area contributed by atoms with Gasteiger partial charge in [0.15, 0.2) is 0 Å². The molecule has 2 heterocycles. The molecule has 0 atom stereocenters. The van der Waals surface area contributed by atoms with Crippen molar-refractivity contribution in [1.29, 1.82) is 0 Å². The molecule has 0 aliphatic carbocycles. The number of hydrogen-bond donors (Lipinski definition) is 1. The third-order valence-corrected chi connectivity index (χ3v) is 6.75. The molecule has 0 spiro atoms. The van der Waals surface area contributed by atoms with Crippen LogP contribution in [0.25, 0.3) is 0 Å². The number of carbonyl (C=O) groups excluding carboxylic acids is 1. The molecule has 0 fully saturated rings. The number of halogens is 2. The Labute approximate surface area is 143 Å². The Balaban J connectivity index is 1.92. The molecule has 4 nitrogen and oxygen atoms in total. The van der Waals surface area contributed by atoms with Crippen molar-refractivity contribution in [2.75, 3.05) is 18.7 Å². The first kappa shape index (κ1) is 14.9. The van der Waals surface area contributed by atoms with E-state index in [0.717, 1.165) is 24.6 Å². The largest absolute Gasteiger partial charge is 0.497 e. The normalized spacial score (nSPS) is 13.9. The molecule has 2 aromatic rings. The van der Waals surface area contributed by atoms with Crippen LogP contribution in [0.1, 0.15) is 15.9 Å². The zero-order chi connectivity index (χ0) is 15.0. The second-order valence-electron chi connectivity index (χ2n) is 4.58. The van der Waals surface area contributed by atoms with Gasteiger partial charge in [-0.05, 0) is 49.6 Å². The molecule has 1 aliphatic rings. The third-order valence-electron chi connectivity index (χ3n) is 3.24. The third kappa shape index (κ3) is 2.82. The fourth-order valence-corrected chi connectivity index (χ4v) is 4.56. The molecule has 1 aromatic carbocycles. The average molecular weight is 432 g/mol. The molecule has 21 heavy (non-hydrogen) atoms. The average Bonchev–Trinajstić information content (AvgIpc) is 2.79. The number of nitrogens with one attached hydrogen (secondary N) is 1. The summed E-state index contributed by atoms with van der Waals surface area (Å²) < 4.78 is 7.00. The highest BCUT2D eigenvalue weighted by atomic mass is 79.9. The summed E-state index contributed by atoms with van der Waals surface area (Å²) in [5.41, 5.74) is 1.83. The van der Waals surface area contributed by atoms with Crippen molar-refractivity contribution >= 4 is 54.1 Å². The quantitative estimate of drug-likeness (QED) is 0.798. The van der Waals surface area contributed by atoms with Crippen LogP contribution in [0.2, 0.25) is 0 Å². The van der Waals surface area contributed by atoms with Gasteiger partial charge in [0.2, 0.25) is 0 Å². The number of benzene rings is 1. The van der Waals surface area contributed by atoms with Gasteiger partial charge in [-0.1, -0.05) is 12.1 Å². The van der Waals surface area contributed by atoms with Gasteiger partial charge in [-0.3, -0.25) is 4.79 Å². The Morgan fingerprint density at radius 2 is 2.24 bits per heavy atom. The van der Waals surface area contributed by atoms with Crippen LogP contribution < -0.4 is 15.0 Å². The number of thiophene rings is 1. The Hall–Kier alpha value is -1.05. The van der Waals surface area contributed by atoms with Crippen LogP contribution in [-0.2, 0) is 6.54 Å². The van der Waals surface area contributed by atoms with Crippen molar-refractivity contribution < 1.29 is 9.53 Å². The summed E-state index contributed by atoms with van der Waals surface area (Å²) in [5.74, 6) is 0.794. The number of nitrogens with zero attached hydrogens (tertiary/aromatic N) is 1. The van der Waals surface area contributed by atoms with Gasteiger partial charge in [0.05, 0.1) is 27.6 Å². The number of anilines is 1. The van der Waals surface area contributed by atoms with Crippen LogP contribution in [0.4, 0.5) is 5.00 Å². The number of hydrogen-bond acceptors (Lipinski definition) is 4. The lowest BCUT2D eigenvalue weighted by atomic mass is 10.2. The Kier molecular flexibility index (Phi) is 4.24. The van der Waals surface area contributed by atoms with Crippen molar-refractivity contribution in [3.63, 3.8) is 0 Å². The van der Waals surface area contributed by atoms with Crippen LogP contribution >= 0.6 is 43.2 Å². The van der Waals surface area contributed by atoms with Gasteiger partial charge in [-0.25, -0.2) is 0 Å².